The fourth-order valence-electron chi connectivity index (χ4n) is 2.06. The van der Waals surface area contributed by atoms with E-state index in [-0.39, 0.29) is 11.4 Å². The van der Waals surface area contributed by atoms with Gasteiger partial charge in [0.15, 0.2) is 0 Å². The molecule has 0 unspecified atom stereocenters. The molecule has 0 atom stereocenters. The predicted molar refractivity (Wildman–Crippen MR) is 58.4 cm³/mol. The molecule has 5 heteroatoms. The molecule has 88 valence electrons. The second-order valence-electron chi connectivity index (χ2n) is 4.12. The van der Waals surface area contributed by atoms with Gasteiger partial charge < -0.3 is 14.8 Å². The van der Waals surface area contributed by atoms with Crippen LogP contribution in [0.25, 0.3) is 0 Å². The highest BCUT2D eigenvalue weighted by Gasteiger charge is 2.41. The number of ether oxygens (including phenoxy) is 1. The molecule has 0 amide bonds. The van der Waals surface area contributed by atoms with Crippen LogP contribution in [0.15, 0.2) is 4.79 Å². The summed E-state index contributed by atoms with van der Waals surface area (Å²) in [5.74, 6) is 0.269. The van der Waals surface area contributed by atoms with E-state index in [2.05, 4.69) is 9.97 Å². The predicted octanol–water partition coefficient (Wildman–Crippen LogP) is 1.06. The zero-order valence-corrected chi connectivity index (χ0v) is 9.54. The lowest BCUT2D eigenvalue weighted by molar-refractivity contribution is -0.0851. The van der Waals surface area contributed by atoms with Gasteiger partial charge in [-0.15, -0.1) is 0 Å². The van der Waals surface area contributed by atoms with Gasteiger partial charge in [0.05, 0.1) is 5.56 Å². The smallest absolute Gasteiger partial charge is 0.258 e. The van der Waals surface area contributed by atoms with Crippen LogP contribution in [0.5, 0.6) is 5.88 Å². The Hall–Kier alpha value is -1.36. The lowest BCUT2D eigenvalue weighted by Crippen LogP contribution is -2.39. The van der Waals surface area contributed by atoms with Crippen molar-refractivity contribution in [1.29, 1.82) is 0 Å². The first-order chi connectivity index (χ1) is 7.63. The molecule has 1 heterocycles. The van der Waals surface area contributed by atoms with E-state index in [9.17, 15) is 9.90 Å². The summed E-state index contributed by atoms with van der Waals surface area (Å²) in [5, 5.41) is 9.66. The minimum absolute atomic E-state index is 0.176. The third-order valence-corrected chi connectivity index (χ3v) is 3.33. The topological polar surface area (TPSA) is 75.2 Å². The van der Waals surface area contributed by atoms with Crippen molar-refractivity contribution in [3.8, 4) is 5.88 Å². The average molecular weight is 224 g/mol. The molecule has 0 saturated heterocycles. The van der Waals surface area contributed by atoms with Crippen molar-refractivity contribution in [2.45, 2.75) is 38.2 Å². The first kappa shape index (κ1) is 11.1. The van der Waals surface area contributed by atoms with Gasteiger partial charge in [0.25, 0.3) is 5.56 Å². The Balaban J connectivity index is 2.48. The molecule has 0 spiro atoms. The number of nitrogens with zero attached hydrogens (tertiary/aromatic N) is 1. The number of nitrogens with one attached hydrogen (secondary N) is 1. The van der Waals surface area contributed by atoms with E-state index in [1.165, 1.54) is 0 Å². The summed E-state index contributed by atoms with van der Waals surface area (Å²) in [6.45, 7) is 1.81. The van der Waals surface area contributed by atoms with Crippen LogP contribution in [-0.2, 0) is 16.8 Å². The Kier molecular flexibility index (Phi) is 2.71. The third-order valence-electron chi connectivity index (χ3n) is 3.33. The second kappa shape index (κ2) is 3.90. The van der Waals surface area contributed by atoms with E-state index in [4.69, 9.17) is 4.74 Å². The molecule has 1 aliphatic rings. The number of aromatic amines is 1. The summed E-state index contributed by atoms with van der Waals surface area (Å²) >= 11 is 0. The van der Waals surface area contributed by atoms with Crippen molar-refractivity contribution >= 4 is 0 Å². The van der Waals surface area contributed by atoms with Crippen molar-refractivity contribution in [2.75, 3.05) is 7.11 Å². The molecule has 16 heavy (non-hydrogen) atoms. The first-order valence-electron chi connectivity index (χ1n) is 5.51. The van der Waals surface area contributed by atoms with Gasteiger partial charge in [0.2, 0.25) is 5.88 Å². The third kappa shape index (κ3) is 1.51. The maximum atomic E-state index is 11.7. The van der Waals surface area contributed by atoms with Crippen molar-refractivity contribution in [2.24, 2.45) is 0 Å². The molecule has 0 aliphatic heterocycles. The number of hydrogen-bond donors (Lipinski definition) is 2. The second-order valence-corrected chi connectivity index (χ2v) is 4.12. The summed E-state index contributed by atoms with van der Waals surface area (Å²) < 4.78 is 5.40. The molecular formula is C11H16N2O3. The van der Waals surface area contributed by atoms with E-state index in [1.807, 2.05) is 0 Å². The Morgan fingerprint density at radius 1 is 1.56 bits per heavy atom. The molecule has 0 radical (unpaired) electrons. The van der Waals surface area contributed by atoms with Crippen molar-refractivity contribution in [3.05, 3.63) is 21.7 Å². The molecule has 2 N–H and O–H groups in total. The lowest BCUT2D eigenvalue weighted by atomic mass is 9.79. The molecule has 1 aromatic heterocycles. The maximum Gasteiger partial charge on any atom is 0.258 e. The largest absolute Gasteiger partial charge is 0.493 e. The van der Waals surface area contributed by atoms with Crippen LogP contribution in [0.2, 0.25) is 0 Å². The van der Waals surface area contributed by atoms with E-state index in [0.717, 1.165) is 19.3 Å². The fourth-order valence-corrected chi connectivity index (χ4v) is 2.06. The van der Waals surface area contributed by atoms with Gasteiger partial charge in [-0.2, -0.15) is 4.98 Å². The standard InChI is InChI=1S/C11H16N2O3/c1-3-7-8(14)12-10(13-9(7)15)11(16-2)5-4-6-11/h3-6H2,1-2H3,(H2,12,13,14,15). The van der Waals surface area contributed by atoms with Crippen LogP contribution in [0.1, 0.15) is 37.6 Å². The van der Waals surface area contributed by atoms with E-state index in [1.54, 1.807) is 14.0 Å². The number of rotatable bonds is 3. The number of aromatic hydroxyl groups is 1. The minimum Gasteiger partial charge on any atom is -0.493 e. The van der Waals surface area contributed by atoms with Crippen LogP contribution >= 0.6 is 0 Å². The van der Waals surface area contributed by atoms with Gasteiger partial charge in [-0.1, -0.05) is 6.92 Å². The summed E-state index contributed by atoms with van der Waals surface area (Å²) in [4.78, 5) is 18.4. The Morgan fingerprint density at radius 2 is 2.25 bits per heavy atom. The molecular weight excluding hydrogens is 208 g/mol. The van der Waals surface area contributed by atoms with Gasteiger partial charge in [-0.05, 0) is 25.7 Å². The number of aromatic nitrogens is 2. The Morgan fingerprint density at radius 3 is 2.62 bits per heavy atom. The van der Waals surface area contributed by atoms with Crippen LogP contribution in [-0.4, -0.2) is 22.2 Å². The lowest BCUT2D eigenvalue weighted by Gasteiger charge is -2.39. The fraction of sp³-hybridized carbons (Fsp3) is 0.636. The van der Waals surface area contributed by atoms with Crippen molar-refractivity contribution in [3.63, 3.8) is 0 Å². The number of methoxy groups -OCH3 is 1. The molecule has 1 aliphatic carbocycles. The van der Waals surface area contributed by atoms with Gasteiger partial charge in [-0.25, -0.2) is 0 Å². The summed E-state index contributed by atoms with van der Waals surface area (Å²) in [6, 6.07) is 0. The molecule has 0 aromatic carbocycles. The van der Waals surface area contributed by atoms with Gasteiger partial charge >= 0.3 is 0 Å². The van der Waals surface area contributed by atoms with Crippen LogP contribution in [0.4, 0.5) is 0 Å². The average Bonchev–Trinajstić information content (AvgIpc) is 2.16. The molecule has 1 saturated carbocycles. The Bertz CT molecular complexity index is 444. The monoisotopic (exact) mass is 224 g/mol. The molecule has 0 bridgehead atoms. The van der Waals surface area contributed by atoms with E-state index >= 15 is 0 Å². The maximum absolute atomic E-state index is 11.7. The minimum atomic E-state index is -0.497. The van der Waals surface area contributed by atoms with E-state index < -0.39 is 5.60 Å². The zero-order chi connectivity index (χ0) is 11.8. The van der Waals surface area contributed by atoms with Crippen LogP contribution < -0.4 is 5.56 Å². The highest BCUT2D eigenvalue weighted by atomic mass is 16.5. The molecule has 2 rings (SSSR count). The van der Waals surface area contributed by atoms with E-state index in [0.29, 0.717) is 17.8 Å². The van der Waals surface area contributed by atoms with Gasteiger partial charge in [-0.3, -0.25) is 4.79 Å². The van der Waals surface area contributed by atoms with Gasteiger partial charge in [0.1, 0.15) is 11.4 Å². The number of hydrogen-bond acceptors (Lipinski definition) is 4. The van der Waals surface area contributed by atoms with Crippen LogP contribution in [0.3, 0.4) is 0 Å². The quantitative estimate of drug-likeness (QED) is 0.805. The summed E-state index contributed by atoms with van der Waals surface area (Å²) in [5.41, 5.74) is -0.439. The highest BCUT2D eigenvalue weighted by Crippen LogP contribution is 2.42. The summed E-state index contributed by atoms with van der Waals surface area (Å²) in [7, 11) is 1.60. The molecule has 1 aromatic rings. The van der Waals surface area contributed by atoms with Crippen LogP contribution in [0, 0.1) is 0 Å². The SMILES string of the molecule is CCc1c(O)nc(C2(OC)CCC2)[nH]c1=O. The van der Waals surface area contributed by atoms with Crippen molar-refractivity contribution in [1.82, 2.24) is 9.97 Å². The molecule has 1 fully saturated rings. The molecule has 5 nitrogen and oxygen atoms in total. The number of H-pyrrole nitrogens is 1. The normalized spacial score (nSPS) is 18.1. The zero-order valence-electron chi connectivity index (χ0n) is 9.54. The highest BCUT2D eigenvalue weighted by molar-refractivity contribution is 5.24. The van der Waals surface area contributed by atoms with Gasteiger partial charge in [0, 0.05) is 7.11 Å². The van der Waals surface area contributed by atoms with Crippen molar-refractivity contribution < 1.29 is 9.84 Å². The first-order valence-corrected chi connectivity index (χ1v) is 5.51. The summed E-state index contributed by atoms with van der Waals surface area (Å²) in [6.07, 6.45) is 3.18. The Labute approximate surface area is 93.5 Å².